The number of carboxylic acid groups (broad SMARTS) is 1. The number of carboxylic acids is 1. The zero-order valence-electron chi connectivity index (χ0n) is 12.9. The second kappa shape index (κ2) is 7.28. The molecule has 1 aromatic heterocycles. The summed E-state index contributed by atoms with van der Waals surface area (Å²) in [7, 11) is 0. The van der Waals surface area contributed by atoms with Crippen LogP contribution in [0.4, 0.5) is 0 Å². The number of aryl methyl sites for hydroxylation is 1. The minimum Gasteiger partial charge on any atom is -0.481 e. The lowest BCUT2D eigenvalue weighted by Crippen LogP contribution is -2.33. The second-order valence-corrected chi connectivity index (χ2v) is 5.75. The molecule has 1 unspecified atom stereocenters. The number of carbonyl (C=O) groups excluding carboxylic acids is 1. The molecule has 122 valence electrons. The van der Waals surface area contributed by atoms with E-state index in [4.69, 9.17) is 16.7 Å². The number of hydrogen-bond donors (Lipinski definition) is 2. The number of nitrogens with zero attached hydrogens (tertiary/aromatic N) is 2. The molecule has 0 bridgehead atoms. The normalized spacial score (nSPS) is 12.0. The summed E-state index contributed by atoms with van der Waals surface area (Å²) < 4.78 is 1.61. The molecule has 0 fully saturated rings. The van der Waals surface area contributed by atoms with Crippen molar-refractivity contribution in [3.05, 3.63) is 46.7 Å². The predicted molar refractivity (Wildman–Crippen MR) is 87.1 cm³/mol. The van der Waals surface area contributed by atoms with Crippen molar-refractivity contribution in [1.29, 1.82) is 0 Å². The topological polar surface area (TPSA) is 84.2 Å². The van der Waals surface area contributed by atoms with Crippen molar-refractivity contribution in [2.24, 2.45) is 0 Å². The van der Waals surface area contributed by atoms with Gasteiger partial charge < -0.3 is 10.4 Å². The van der Waals surface area contributed by atoms with Gasteiger partial charge in [0.25, 0.3) is 5.91 Å². The Morgan fingerprint density at radius 2 is 2.09 bits per heavy atom. The van der Waals surface area contributed by atoms with Crippen LogP contribution in [0.5, 0.6) is 0 Å². The minimum atomic E-state index is -0.884. The predicted octanol–water partition coefficient (Wildman–Crippen LogP) is 2.82. The van der Waals surface area contributed by atoms with Gasteiger partial charge in [0.15, 0.2) is 5.69 Å². The fraction of sp³-hybridized carbons (Fsp3) is 0.312. The minimum absolute atomic E-state index is 0.00847. The number of para-hydroxylation sites is 1. The van der Waals surface area contributed by atoms with E-state index in [-0.39, 0.29) is 24.1 Å². The van der Waals surface area contributed by atoms with E-state index in [0.717, 1.165) is 5.69 Å². The van der Waals surface area contributed by atoms with Crippen LogP contribution >= 0.6 is 11.6 Å². The third-order valence-corrected chi connectivity index (χ3v) is 3.69. The second-order valence-electron chi connectivity index (χ2n) is 5.34. The molecular formula is C16H18ClN3O3. The average Bonchev–Trinajstić information content (AvgIpc) is 2.87. The number of amides is 1. The van der Waals surface area contributed by atoms with Crippen molar-refractivity contribution in [3.8, 4) is 5.69 Å². The summed E-state index contributed by atoms with van der Waals surface area (Å²) in [6.45, 7) is 3.60. The van der Waals surface area contributed by atoms with Gasteiger partial charge in [-0.05, 0) is 38.5 Å². The number of rotatable bonds is 6. The molecule has 0 spiro atoms. The summed E-state index contributed by atoms with van der Waals surface area (Å²) in [6, 6.07) is 8.66. The zero-order chi connectivity index (χ0) is 17.0. The van der Waals surface area contributed by atoms with E-state index in [0.29, 0.717) is 17.1 Å². The van der Waals surface area contributed by atoms with Gasteiger partial charge in [-0.3, -0.25) is 9.59 Å². The molecule has 0 saturated heterocycles. The molecule has 0 aliphatic heterocycles. The van der Waals surface area contributed by atoms with Gasteiger partial charge in [0.1, 0.15) is 0 Å². The molecule has 0 radical (unpaired) electrons. The molecule has 2 rings (SSSR count). The highest BCUT2D eigenvalue weighted by Crippen LogP contribution is 2.21. The molecule has 0 aliphatic rings. The lowest BCUT2D eigenvalue weighted by atomic mass is 10.2. The van der Waals surface area contributed by atoms with Crippen molar-refractivity contribution >= 4 is 23.5 Å². The van der Waals surface area contributed by atoms with E-state index in [1.54, 1.807) is 23.7 Å². The van der Waals surface area contributed by atoms with E-state index in [1.165, 1.54) is 0 Å². The number of hydrogen-bond acceptors (Lipinski definition) is 3. The van der Waals surface area contributed by atoms with Crippen LogP contribution in [-0.4, -0.2) is 32.8 Å². The van der Waals surface area contributed by atoms with Crippen molar-refractivity contribution < 1.29 is 14.7 Å². The highest BCUT2D eigenvalue weighted by atomic mass is 35.5. The molecule has 2 N–H and O–H groups in total. The van der Waals surface area contributed by atoms with Crippen molar-refractivity contribution in [2.75, 3.05) is 0 Å². The molecule has 1 heterocycles. The van der Waals surface area contributed by atoms with Crippen molar-refractivity contribution in [3.63, 3.8) is 0 Å². The number of aliphatic carboxylic acids is 1. The number of benzene rings is 1. The molecule has 6 nitrogen and oxygen atoms in total. The summed E-state index contributed by atoms with van der Waals surface area (Å²) in [5, 5.41) is 16.2. The van der Waals surface area contributed by atoms with E-state index in [1.807, 2.05) is 25.1 Å². The quantitative estimate of drug-likeness (QED) is 0.850. The van der Waals surface area contributed by atoms with E-state index >= 15 is 0 Å². The lowest BCUT2D eigenvalue weighted by Gasteiger charge is -2.11. The van der Waals surface area contributed by atoms with E-state index in [2.05, 4.69) is 10.4 Å². The van der Waals surface area contributed by atoms with Gasteiger partial charge in [0.05, 0.1) is 10.7 Å². The first kappa shape index (κ1) is 17.0. The third kappa shape index (κ3) is 4.32. The van der Waals surface area contributed by atoms with Crippen LogP contribution in [-0.2, 0) is 4.79 Å². The third-order valence-electron chi connectivity index (χ3n) is 3.37. The molecule has 0 aliphatic carbocycles. The molecule has 0 saturated carbocycles. The Bertz CT molecular complexity index is 727. The first-order valence-corrected chi connectivity index (χ1v) is 7.60. The summed E-state index contributed by atoms with van der Waals surface area (Å²) in [5.74, 6) is -1.22. The van der Waals surface area contributed by atoms with E-state index < -0.39 is 5.97 Å². The highest BCUT2D eigenvalue weighted by molar-refractivity contribution is 6.32. The van der Waals surface area contributed by atoms with Crippen molar-refractivity contribution in [1.82, 2.24) is 15.1 Å². The molecule has 1 aromatic carbocycles. The maximum absolute atomic E-state index is 12.2. The van der Waals surface area contributed by atoms with Crippen LogP contribution in [0.3, 0.4) is 0 Å². The average molecular weight is 336 g/mol. The van der Waals surface area contributed by atoms with Crippen LogP contribution in [0, 0.1) is 6.92 Å². The standard InChI is InChI=1S/C16H18ClN3O3/c1-10(7-8-15(21)22)18-16(23)13-9-11(2)20(19-13)14-6-4-3-5-12(14)17/h3-6,9-10H,7-8H2,1-2H3,(H,18,23)(H,21,22). The lowest BCUT2D eigenvalue weighted by molar-refractivity contribution is -0.137. The number of aromatic nitrogens is 2. The van der Waals surface area contributed by atoms with Crippen LogP contribution in [0.1, 0.15) is 35.9 Å². The maximum atomic E-state index is 12.2. The highest BCUT2D eigenvalue weighted by Gasteiger charge is 2.16. The molecule has 1 amide bonds. The van der Waals surface area contributed by atoms with Gasteiger partial charge in [-0.25, -0.2) is 4.68 Å². The first-order valence-electron chi connectivity index (χ1n) is 7.22. The fourth-order valence-corrected chi connectivity index (χ4v) is 2.38. The Balaban J connectivity index is 2.13. The summed E-state index contributed by atoms with van der Waals surface area (Å²) in [4.78, 5) is 22.8. The van der Waals surface area contributed by atoms with Crippen LogP contribution in [0.25, 0.3) is 5.69 Å². The summed E-state index contributed by atoms with van der Waals surface area (Å²) in [5.41, 5.74) is 1.75. The number of nitrogens with one attached hydrogen (secondary N) is 1. The van der Waals surface area contributed by atoms with Gasteiger partial charge in [-0.1, -0.05) is 23.7 Å². The van der Waals surface area contributed by atoms with Crippen LogP contribution in [0.2, 0.25) is 5.02 Å². The monoisotopic (exact) mass is 335 g/mol. The molecular weight excluding hydrogens is 318 g/mol. The molecule has 23 heavy (non-hydrogen) atoms. The summed E-state index contributed by atoms with van der Waals surface area (Å²) >= 11 is 6.16. The van der Waals surface area contributed by atoms with Gasteiger partial charge in [-0.2, -0.15) is 5.10 Å². The van der Waals surface area contributed by atoms with Gasteiger partial charge in [0.2, 0.25) is 0 Å². The SMILES string of the molecule is Cc1cc(C(=O)NC(C)CCC(=O)O)nn1-c1ccccc1Cl. The van der Waals surface area contributed by atoms with Crippen molar-refractivity contribution in [2.45, 2.75) is 32.7 Å². The maximum Gasteiger partial charge on any atom is 0.303 e. The molecule has 7 heteroatoms. The Morgan fingerprint density at radius 1 is 1.39 bits per heavy atom. The van der Waals surface area contributed by atoms with Gasteiger partial charge in [-0.15, -0.1) is 0 Å². The smallest absolute Gasteiger partial charge is 0.303 e. The largest absolute Gasteiger partial charge is 0.481 e. The Kier molecular flexibility index (Phi) is 5.39. The number of carbonyl (C=O) groups is 2. The fourth-order valence-electron chi connectivity index (χ4n) is 2.16. The Hall–Kier alpha value is -2.34. The van der Waals surface area contributed by atoms with Gasteiger partial charge in [0, 0.05) is 18.2 Å². The number of halogens is 1. The zero-order valence-corrected chi connectivity index (χ0v) is 13.7. The Labute approximate surface area is 139 Å². The van der Waals surface area contributed by atoms with Gasteiger partial charge >= 0.3 is 5.97 Å². The molecule has 1 atom stereocenters. The first-order chi connectivity index (χ1) is 10.9. The van der Waals surface area contributed by atoms with Crippen LogP contribution in [0.15, 0.2) is 30.3 Å². The summed E-state index contributed by atoms with van der Waals surface area (Å²) in [6.07, 6.45) is 0.375. The van der Waals surface area contributed by atoms with E-state index in [9.17, 15) is 9.59 Å². The molecule has 2 aromatic rings. The van der Waals surface area contributed by atoms with Crippen LogP contribution < -0.4 is 5.32 Å². The Morgan fingerprint density at radius 3 is 2.74 bits per heavy atom.